The summed E-state index contributed by atoms with van der Waals surface area (Å²) in [5, 5.41) is 3.31. The van der Waals surface area contributed by atoms with E-state index < -0.39 is 0 Å². The Morgan fingerprint density at radius 3 is 2.91 bits per heavy atom. The standard InChI is InChI=1S/C16H20N4O2/c1-21-7-8-22-15-9-14(19-16(20-15)13-4-5-13)18-11-12-3-2-6-17-10-12/h2-3,6,9-10,13H,4-5,7-8,11H2,1H3,(H,18,19,20). The topological polar surface area (TPSA) is 69.2 Å². The second-order valence-corrected chi connectivity index (χ2v) is 5.28. The van der Waals surface area contributed by atoms with Gasteiger partial charge in [-0.1, -0.05) is 6.07 Å². The van der Waals surface area contributed by atoms with E-state index in [0.717, 1.165) is 30.0 Å². The highest BCUT2D eigenvalue weighted by molar-refractivity contribution is 5.40. The first-order chi connectivity index (χ1) is 10.8. The van der Waals surface area contributed by atoms with E-state index in [4.69, 9.17) is 9.47 Å². The second kappa shape index (κ2) is 7.17. The molecule has 116 valence electrons. The lowest BCUT2D eigenvalue weighted by Crippen LogP contribution is -2.09. The van der Waals surface area contributed by atoms with Gasteiger partial charge in [0.25, 0.3) is 0 Å². The lowest BCUT2D eigenvalue weighted by Gasteiger charge is -2.10. The molecule has 3 rings (SSSR count). The summed E-state index contributed by atoms with van der Waals surface area (Å²) in [4.78, 5) is 13.2. The third-order valence-electron chi connectivity index (χ3n) is 3.40. The van der Waals surface area contributed by atoms with Crippen LogP contribution in [0.4, 0.5) is 5.82 Å². The van der Waals surface area contributed by atoms with Crippen LogP contribution < -0.4 is 10.1 Å². The Morgan fingerprint density at radius 1 is 1.27 bits per heavy atom. The van der Waals surface area contributed by atoms with Crippen molar-refractivity contribution in [2.75, 3.05) is 25.6 Å². The van der Waals surface area contributed by atoms with Gasteiger partial charge in [0.05, 0.1) is 6.61 Å². The molecule has 0 saturated heterocycles. The molecule has 1 fully saturated rings. The van der Waals surface area contributed by atoms with Crippen LogP contribution in [-0.4, -0.2) is 35.3 Å². The van der Waals surface area contributed by atoms with Gasteiger partial charge < -0.3 is 14.8 Å². The van der Waals surface area contributed by atoms with Crippen LogP contribution in [0.3, 0.4) is 0 Å². The molecule has 6 nitrogen and oxygen atoms in total. The molecule has 1 aliphatic carbocycles. The Bertz CT molecular complexity index is 602. The molecule has 2 aromatic rings. The third-order valence-corrected chi connectivity index (χ3v) is 3.40. The maximum Gasteiger partial charge on any atom is 0.218 e. The van der Waals surface area contributed by atoms with Gasteiger partial charge in [0.15, 0.2) is 0 Å². The number of aromatic nitrogens is 3. The number of nitrogens with one attached hydrogen (secondary N) is 1. The smallest absolute Gasteiger partial charge is 0.218 e. The minimum absolute atomic E-state index is 0.477. The van der Waals surface area contributed by atoms with Crippen molar-refractivity contribution in [1.82, 2.24) is 15.0 Å². The first-order valence-corrected chi connectivity index (χ1v) is 7.48. The SMILES string of the molecule is COCCOc1cc(NCc2cccnc2)nc(C2CC2)n1. The minimum atomic E-state index is 0.477. The van der Waals surface area contributed by atoms with Crippen LogP contribution in [0, 0.1) is 0 Å². The molecule has 0 unspecified atom stereocenters. The van der Waals surface area contributed by atoms with E-state index in [9.17, 15) is 0 Å². The van der Waals surface area contributed by atoms with E-state index in [-0.39, 0.29) is 0 Å². The van der Waals surface area contributed by atoms with Crippen LogP contribution in [0.2, 0.25) is 0 Å². The van der Waals surface area contributed by atoms with Crippen LogP contribution in [0.5, 0.6) is 5.88 Å². The van der Waals surface area contributed by atoms with Crippen molar-refractivity contribution in [3.63, 3.8) is 0 Å². The van der Waals surface area contributed by atoms with Gasteiger partial charge in [-0.05, 0) is 24.5 Å². The Labute approximate surface area is 129 Å². The van der Waals surface area contributed by atoms with Crippen molar-refractivity contribution in [3.8, 4) is 5.88 Å². The molecule has 0 spiro atoms. The molecule has 0 aromatic carbocycles. The van der Waals surface area contributed by atoms with Gasteiger partial charge >= 0.3 is 0 Å². The molecule has 2 heterocycles. The number of hydrogen-bond donors (Lipinski definition) is 1. The zero-order valence-corrected chi connectivity index (χ0v) is 12.7. The third kappa shape index (κ3) is 4.14. The summed E-state index contributed by atoms with van der Waals surface area (Å²) in [6.45, 7) is 1.70. The molecule has 0 aliphatic heterocycles. The van der Waals surface area contributed by atoms with E-state index in [0.29, 0.717) is 31.6 Å². The molecule has 1 saturated carbocycles. The molecule has 0 bridgehead atoms. The lowest BCUT2D eigenvalue weighted by atomic mass is 10.3. The Kier molecular flexibility index (Phi) is 4.80. The molecule has 1 N–H and O–H groups in total. The minimum Gasteiger partial charge on any atom is -0.475 e. The van der Waals surface area contributed by atoms with Crippen molar-refractivity contribution < 1.29 is 9.47 Å². The fraction of sp³-hybridized carbons (Fsp3) is 0.438. The van der Waals surface area contributed by atoms with Crippen LogP contribution in [0.15, 0.2) is 30.6 Å². The van der Waals surface area contributed by atoms with E-state index in [1.807, 2.05) is 24.4 Å². The number of methoxy groups -OCH3 is 1. The molecule has 2 aromatic heterocycles. The summed E-state index contributed by atoms with van der Waals surface area (Å²) in [5.74, 6) is 2.73. The highest BCUT2D eigenvalue weighted by Crippen LogP contribution is 2.39. The van der Waals surface area contributed by atoms with Crippen LogP contribution >= 0.6 is 0 Å². The number of nitrogens with zero attached hydrogens (tertiary/aromatic N) is 3. The molecule has 1 aliphatic rings. The van der Waals surface area contributed by atoms with E-state index in [2.05, 4.69) is 20.3 Å². The average Bonchev–Trinajstić information content (AvgIpc) is 3.39. The van der Waals surface area contributed by atoms with Gasteiger partial charge in [-0.2, -0.15) is 4.98 Å². The summed E-state index contributed by atoms with van der Waals surface area (Å²) in [6.07, 6.45) is 5.92. The monoisotopic (exact) mass is 300 g/mol. The lowest BCUT2D eigenvalue weighted by molar-refractivity contribution is 0.143. The van der Waals surface area contributed by atoms with Gasteiger partial charge in [0, 0.05) is 38.0 Å². The summed E-state index contributed by atoms with van der Waals surface area (Å²) < 4.78 is 10.6. The van der Waals surface area contributed by atoms with Crippen molar-refractivity contribution in [3.05, 3.63) is 42.0 Å². The van der Waals surface area contributed by atoms with Gasteiger partial charge in [-0.3, -0.25) is 4.98 Å². The summed E-state index contributed by atoms with van der Waals surface area (Å²) in [7, 11) is 1.65. The number of ether oxygens (including phenoxy) is 2. The summed E-state index contributed by atoms with van der Waals surface area (Å²) in [6, 6.07) is 5.78. The predicted octanol–water partition coefficient (Wildman–Crippen LogP) is 2.39. The van der Waals surface area contributed by atoms with E-state index in [1.165, 1.54) is 0 Å². The molecule has 22 heavy (non-hydrogen) atoms. The van der Waals surface area contributed by atoms with Crippen molar-refractivity contribution in [2.24, 2.45) is 0 Å². The fourth-order valence-corrected chi connectivity index (χ4v) is 2.06. The highest BCUT2D eigenvalue weighted by Gasteiger charge is 2.27. The first-order valence-electron chi connectivity index (χ1n) is 7.48. The summed E-state index contributed by atoms with van der Waals surface area (Å²) in [5.41, 5.74) is 1.11. The molecule has 0 atom stereocenters. The second-order valence-electron chi connectivity index (χ2n) is 5.28. The van der Waals surface area contributed by atoms with Crippen molar-refractivity contribution in [2.45, 2.75) is 25.3 Å². The zero-order valence-electron chi connectivity index (χ0n) is 12.7. The molecule has 0 amide bonds. The Morgan fingerprint density at radius 2 is 2.18 bits per heavy atom. The van der Waals surface area contributed by atoms with Crippen LogP contribution in [-0.2, 0) is 11.3 Å². The predicted molar refractivity (Wildman–Crippen MR) is 82.9 cm³/mol. The van der Waals surface area contributed by atoms with Crippen molar-refractivity contribution in [1.29, 1.82) is 0 Å². The number of anilines is 1. The Hall–Kier alpha value is -2.21. The molecule has 6 heteroatoms. The largest absolute Gasteiger partial charge is 0.475 e. The van der Waals surface area contributed by atoms with Gasteiger partial charge in [0.2, 0.25) is 5.88 Å². The maximum atomic E-state index is 5.63. The van der Waals surface area contributed by atoms with Crippen molar-refractivity contribution >= 4 is 5.82 Å². The average molecular weight is 300 g/mol. The zero-order chi connectivity index (χ0) is 15.2. The normalized spacial score (nSPS) is 13.9. The summed E-state index contributed by atoms with van der Waals surface area (Å²) >= 11 is 0. The number of rotatable bonds is 8. The highest BCUT2D eigenvalue weighted by atomic mass is 16.5. The molecule has 0 radical (unpaired) electrons. The van der Waals surface area contributed by atoms with E-state index in [1.54, 1.807) is 13.3 Å². The Balaban J connectivity index is 1.68. The fourth-order valence-electron chi connectivity index (χ4n) is 2.06. The molecular formula is C16H20N4O2. The number of pyridine rings is 1. The quantitative estimate of drug-likeness (QED) is 0.755. The van der Waals surface area contributed by atoms with Crippen LogP contribution in [0.25, 0.3) is 0 Å². The first kappa shape index (κ1) is 14.7. The van der Waals surface area contributed by atoms with Gasteiger partial charge in [0.1, 0.15) is 18.2 Å². The maximum absolute atomic E-state index is 5.63. The van der Waals surface area contributed by atoms with E-state index >= 15 is 0 Å². The van der Waals surface area contributed by atoms with Gasteiger partial charge in [-0.25, -0.2) is 4.98 Å². The number of hydrogen-bond acceptors (Lipinski definition) is 6. The van der Waals surface area contributed by atoms with Gasteiger partial charge in [-0.15, -0.1) is 0 Å². The molecular weight excluding hydrogens is 280 g/mol. The van der Waals surface area contributed by atoms with Crippen LogP contribution in [0.1, 0.15) is 30.1 Å².